The van der Waals surface area contributed by atoms with Crippen molar-refractivity contribution in [2.24, 2.45) is 5.92 Å². The van der Waals surface area contributed by atoms with Crippen LogP contribution in [-0.4, -0.2) is 59.0 Å². The molecular weight excluding hydrogens is 386 g/mol. The first-order valence-electron chi connectivity index (χ1n) is 9.75. The molecule has 1 aromatic carbocycles. The van der Waals surface area contributed by atoms with Crippen LogP contribution in [0.2, 0.25) is 0 Å². The summed E-state index contributed by atoms with van der Waals surface area (Å²) in [6, 6.07) is 9.40. The van der Waals surface area contributed by atoms with Gasteiger partial charge in [0.05, 0.1) is 29.6 Å². The Bertz CT molecular complexity index is 989. The number of fused-ring (bicyclic) bond motifs is 1. The average Bonchev–Trinajstić information content (AvgIpc) is 3.39. The van der Waals surface area contributed by atoms with Gasteiger partial charge in [-0.2, -0.15) is 5.26 Å². The topological polar surface area (TPSA) is 89.3 Å². The fourth-order valence-electron chi connectivity index (χ4n) is 3.85. The standard InChI is InChI=1S/C21H23N5O2S/c1-14-5-7-25(11-14)15-2-3-19-18(8-15)17(4-6-23-19)21(28)24-10-20(27)26-13-29-12-16(26)9-22/h2-4,6,8,14,16H,5,7,10-13H2,1H3,(H,24,28). The molecule has 2 amide bonds. The minimum atomic E-state index is -0.420. The van der Waals surface area contributed by atoms with Crippen LogP contribution in [-0.2, 0) is 4.79 Å². The van der Waals surface area contributed by atoms with Crippen LogP contribution in [0.4, 0.5) is 5.69 Å². The summed E-state index contributed by atoms with van der Waals surface area (Å²) in [7, 11) is 0. The van der Waals surface area contributed by atoms with Crippen molar-refractivity contribution < 1.29 is 9.59 Å². The van der Waals surface area contributed by atoms with E-state index in [2.05, 4.69) is 28.2 Å². The molecule has 4 rings (SSSR count). The highest BCUT2D eigenvalue weighted by molar-refractivity contribution is 7.99. The van der Waals surface area contributed by atoms with Gasteiger partial charge in [-0.05, 0) is 36.6 Å². The number of rotatable bonds is 4. The molecular formula is C21H23N5O2S. The molecule has 0 saturated carbocycles. The maximum atomic E-state index is 12.8. The van der Waals surface area contributed by atoms with Crippen molar-refractivity contribution >= 4 is 40.2 Å². The predicted molar refractivity (Wildman–Crippen MR) is 114 cm³/mol. The third-order valence-electron chi connectivity index (χ3n) is 5.51. The zero-order chi connectivity index (χ0) is 20.4. The number of nitrogens with one attached hydrogen (secondary N) is 1. The molecule has 1 aromatic heterocycles. The predicted octanol–water partition coefficient (Wildman–Crippen LogP) is 2.24. The lowest BCUT2D eigenvalue weighted by Crippen LogP contribution is -2.42. The molecule has 0 aliphatic carbocycles. The number of thioether (sulfide) groups is 1. The largest absolute Gasteiger partial charge is 0.371 e. The first-order valence-corrected chi connectivity index (χ1v) is 10.9. The molecule has 1 N–H and O–H groups in total. The van der Waals surface area contributed by atoms with E-state index in [1.54, 1.807) is 24.0 Å². The van der Waals surface area contributed by atoms with Crippen LogP contribution >= 0.6 is 11.8 Å². The van der Waals surface area contributed by atoms with Gasteiger partial charge in [0.25, 0.3) is 5.91 Å². The maximum absolute atomic E-state index is 12.8. The molecule has 2 aromatic rings. The molecule has 2 fully saturated rings. The molecule has 2 unspecified atom stereocenters. The highest BCUT2D eigenvalue weighted by Gasteiger charge is 2.29. The molecule has 0 bridgehead atoms. The number of carbonyl (C=O) groups is 2. The van der Waals surface area contributed by atoms with Gasteiger partial charge in [-0.15, -0.1) is 11.8 Å². The summed E-state index contributed by atoms with van der Waals surface area (Å²) in [6.07, 6.45) is 2.78. The van der Waals surface area contributed by atoms with E-state index in [4.69, 9.17) is 5.26 Å². The van der Waals surface area contributed by atoms with Gasteiger partial charge < -0.3 is 15.1 Å². The Morgan fingerprint density at radius 1 is 1.38 bits per heavy atom. The monoisotopic (exact) mass is 409 g/mol. The van der Waals surface area contributed by atoms with E-state index < -0.39 is 6.04 Å². The third-order valence-corrected chi connectivity index (χ3v) is 6.52. The third kappa shape index (κ3) is 4.01. The summed E-state index contributed by atoms with van der Waals surface area (Å²) in [5, 5.41) is 12.6. The van der Waals surface area contributed by atoms with Crippen LogP contribution in [0.5, 0.6) is 0 Å². The van der Waals surface area contributed by atoms with Crippen molar-refractivity contribution in [1.29, 1.82) is 5.26 Å². The highest BCUT2D eigenvalue weighted by atomic mass is 32.2. The Kier molecular flexibility index (Phi) is 5.58. The van der Waals surface area contributed by atoms with E-state index in [0.717, 1.165) is 29.7 Å². The summed E-state index contributed by atoms with van der Waals surface area (Å²) in [6.45, 7) is 4.14. The van der Waals surface area contributed by atoms with Crippen LogP contribution in [0.25, 0.3) is 10.9 Å². The van der Waals surface area contributed by atoms with Gasteiger partial charge in [0.2, 0.25) is 5.91 Å². The Hall–Kier alpha value is -2.79. The second kappa shape index (κ2) is 8.29. The van der Waals surface area contributed by atoms with Crippen LogP contribution < -0.4 is 10.2 Å². The lowest BCUT2D eigenvalue weighted by atomic mass is 10.1. The van der Waals surface area contributed by atoms with E-state index in [1.807, 2.05) is 18.2 Å². The number of aromatic nitrogens is 1. The minimum absolute atomic E-state index is 0.120. The lowest BCUT2D eigenvalue weighted by Gasteiger charge is -2.20. The fourth-order valence-corrected chi connectivity index (χ4v) is 4.95. The molecule has 2 saturated heterocycles. The molecule has 7 nitrogen and oxygen atoms in total. The highest BCUT2D eigenvalue weighted by Crippen LogP contribution is 2.28. The molecule has 0 radical (unpaired) electrons. The quantitative estimate of drug-likeness (QED) is 0.833. The van der Waals surface area contributed by atoms with Crippen molar-refractivity contribution in [2.75, 3.05) is 36.2 Å². The Morgan fingerprint density at radius 3 is 3.00 bits per heavy atom. The summed E-state index contributed by atoms with van der Waals surface area (Å²) in [4.78, 5) is 33.4. The lowest BCUT2D eigenvalue weighted by molar-refractivity contribution is -0.129. The molecule has 0 spiro atoms. The maximum Gasteiger partial charge on any atom is 0.252 e. The van der Waals surface area contributed by atoms with Crippen LogP contribution in [0.15, 0.2) is 30.5 Å². The number of hydrogen-bond acceptors (Lipinski definition) is 6. The molecule has 3 heterocycles. The van der Waals surface area contributed by atoms with Crippen molar-refractivity contribution in [3.8, 4) is 6.07 Å². The van der Waals surface area contributed by atoms with E-state index in [1.165, 1.54) is 11.3 Å². The summed E-state index contributed by atoms with van der Waals surface area (Å²) >= 11 is 1.55. The average molecular weight is 410 g/mol. The zero-order valence-electron chi connectivity index (χ0n) is 16.3. The molecule has 2 atom stereocenters. The smallest absolute Gasteiger partial charge is 0.252 e. The second-order valence-electron chi connectivity index (χ2n) is 7.59. The first kappa shape index (κ1) is 19.5. The minimum Gasteiger partial charge on any atom is -0.371 e. The molecule has 150 valence electrons. The van der Waals surface area contributed by atoms with Crippen LogP contribution in [0.1, 0.15) is 23.7 Å². The van der Waals surface area contributed by atoms with E-state index in [9.17, 15) is 9.59 Å². The van der Waals surface area contributed by atoms with E-state index in [-0.39, 0.29) is 18.4 Å². The van der Waals surface area contributed by atoms with Crippen LogP contribution in [0, 0.1) is 17.2 Å². The summed E-state index contributed by atoms with van der Waals surface area (Å²) < 4.78 is 0. The van der Waals surface area contributed by atoms with Crippen molar-refractivity contribution in [3.63, 3.8) is 0 Å². The van der Waals surface area contributed by atoms with Crippen LogP contribution in [0.3, 0.4) is 0 Å². The number of amides is 2. The number of benzene rings is 1. The van der Waals surface area contributed by atoms with Gasteiger partial charge in [-0.25, -0.2) is 0 Å². The Morgan fingerprint density at radius 2 is 2.24 bits per heavy atom. The summed E-state index contributed by atoms with van der Waals surface area (Å²) in [5.74, 6) is 1.22. The normalized spacial score (nSPS) is 21.4. The molecule has 2 aliphatic rings. The van der Waals surface area contributed by atoms with Gasteiger partial charge in [0.15, 0.2) is 0 Å². The number of hydrogen-bond donors (Lipinski definition) is 1. The van der Waals surface area contributed by atoms with Gasteiger partial charge in [-0.1, -0.05) is 6.92 Å². The molecule has 2 aliphatic heterocycles. The molecule has 8 heteroatoms. The first-order chi connectivity index (χ1) is 14.1. The van der Waals surface area contributed by atoms with Gasteiger partial charge >= 0.3 is 0 Å². The van der Waals surface area contributed by atoms with Gasteiger partial charge in [-0.3, -0.25) is 14.6 Å². The number of pyridine rings is 1. The van der Waals surface area contributed by atoms with Crippen molar-refractivity contribution in [1.82, 2.24) is 15.2 Å². The number of nitriles is 1. The zero-order valence-corrected chi connectivity index (χ0v) is 17.1. The number of carbonyl (C=O) groups excluding carboxylic acids is 2. The van der Waals surface area contributed by atoms with E-state index >= 15 is 0 Å². The number of nitrogens with zero attached hydrogens (tertiary/aromatic N) is 4. The fraction of sp³-hybridized carbons (Fsp3) is 0.429. The van der Waals surface area contributed by atoms with Crippen molar-refractivity contribution in [2.45, 2.75) is 19.4 Å². The van der Waals surface area contributed by atoms with Crippen molar-refractivity contribution in [3.05, 3.63) is 36.0 Å². The van der Waals surface area contributed by atoms with Gasteiger partial charge in [0.1, 0.15) is 6.04 Å². The summed E-state index contributed by atoms with van der Waals surface area (Å²) in [5.41, 5.74) is 2.34. The van der Waals surface area contributed by atoms with Gasteiger partial charge in [0, 0.05) is 36.1 Å². The SMILES string of the molecule is CC1CCN(c2ccc3nccc(C(=O)NCC(=O)N4CSCC4C#N)c3c2)C1. The number of anilines is 1. The van der Waals surface area contributed by atoms with E-state index in [0.29, 0.717) is 23.1 Å². The Balaban J connectivity index is 1.51. The second-order valence-corrected chi connectivity index (χ2v) is 8.59. The molecule has 29 heavy (non-hydrogen) atoms. The Labute approximate surface area is 174 Å².